The summed E-state index contributed by atoms with van der Waals surface area (Å²) < 4.78 is 0. The molecule has 3 heteroatoms. The Morgan fingerprint density at radius 3 is 2.72 bits per heavy atom. The molecular weight excluding hydrogens is 328 g/mol. The number of nitrogens with zero attached hydrogens (tertiary/aromatic N) is 1. The second kappa shape index (κ2) is 7.15. The highest BCUT2D eigenvalue weighted by Crippen LogP contribution is 2.36. The quantitative estimate of drug-likeness (QED) is 0.595. The maximum absolute atomic E-state index is 5.91. The van der Waals surface area contributed by atoms with Gasteiger partial charge < -0.3 is 5.32 Å². The van der Waals surface area contributed by atoms with Crippen molar-refractivity contribution in [1.82, 2.24) is 10.3 Å². The highest BCUT2D eigenvalue weighted by atomic mass is 35.5. The third-order valence-corrected chi connectivity index (χ3v) is 5.65. The van der Waals surface area contributed by atoms with Gasteiger partial charge in [-0.15, -0.1) is 0 Å². The lowest BCUT2D eigenvalue weighted by atomic mass is 9.98. The van der Waals surface area contributed by atoms with Crippen LogP contribution in [0, 0.1) is 0 Å². The lowest BCUT2D eigenvalue weighted by molar-refractivity contribution is 0.459. The molecule has 2 nitrogen and oxygen atoms in total. The molecule has 1 aromatic heterocycles. The van der Waals surface area contributed by atoms with Crippen LogP contribution < -0.4 is 5.32 Å². The molecule has 3 atom stereocenters. The monoisotopic (exact) mass is 350 g/mol. The first-order valence-corrected chi connectivity index (χ1v) is 9.43. The van der Waals surface area contributed by atoms with E-state index in [9.17, 15) is 0 Å². The summed E-state index contributed by atoms with van der Waals surface area (Å²) in [6, 6.07) is 20.1. The number of pyridine rings is 1. The summed E-state index contributed by atoms with van der Waals surface area (Å²) in [6.45, 7) is 2.28. The van der Waals surface area contributed by atoms with Gasteiger partial charge in [-0.2, -0.15) is 0 Å². The van der Waals surface area contributed by atoms with Gasteiger partial charge in [-0.3, -0.25) is 0 Å². The maximum Gasteiger partial charge on any atom is 0.129 e. The first-order chi connectivity index (χ1) is 12.2. The minimum Gasteiger partial charge on any atom is -0.307 e. The second-order valence-corrected chi connectivity index (χ2v) is 7.47. The maximum atomic E-state index is 5.91. The smallest absolute Gasteiger partial charge is 0.129 e. The van der Waals surface area contributed by atoms with Crippen molar-refractivity contribution >= 4 is 22.4 Å². The zero-order valence-electron chi connectivity index (χ0n) is 14.5. The van der Waals surface area contributed by atoms with Gasteiger partial charge in [0.05, 0.1) is 0 Å². The number of fused-ring (bicyclic) bond motifs is 1. The van der Waals surface area contributed by atoms with Gasteiger partial charge in [-0.05, 0) is 60.1 Å². The molecule has 0 bridgehead atoms. The van der Waals surface area contributed by atoms with E-state index in [1.165, 1.54) is 41.2 Å². The summed E-state index contributed by atoms with van der Waals surface area (Å²) in [4.78, 5) is 4.24. The lowest BCUT2D eigenvalue weighted by Crippen LogP contribution is -2.29. The Morgan fingerprint density at radius 1 is 1.04 bits per heavy atom. The molecule has 25 heavy (non-hydrogen) atoms. The minimum absolute atomic E-state index is 0.346. The van der Waals surface area contributed by atoms with Crippen molar-refractivity contribution in [3.05, 3.63) is 77.1 Å². The fraction of sp³-hybridized carbons (Fsp3) is 0.318. The van der Waals surface area contributed by atoms with Crippen LogP contribution in [0.25, 0.3) is 10.8 Å². The van der Waals surface area contributed by atoms with E-state index in [2.05, 4.69) is 65.8 Å². The van der Waals surface area contributed by atoms with E-state index < -0.39 is 0 Å². The highest BCUT2D eigenvalue weighted by Gasteiger charge is 2.27. The molecule has 3 aromatic rings. The summed E-state index contributed by atoms with van der Waals surface area (Å²) in [7, 11) is 0. The number of halogens is 1. The Bertz CT molecular complexity index is 854. The number of nitrogens with one attached hydrogen (secondary N) is 1. The van der Waals surface area contributed by atoms with Gasteiger partial charge in [-0.1, -0.05) is 60.1 Å². The molecule has 0 saturated heterocycles. The Kier molecular flexibility index (Phi) is 4.74. The van der Waals surface area contributed by atoms with Crippen LogP contribution in [-0.2, 0) is 0 Å². The molecular formula is C22H23ClN2. The molecule has 0 spiro atoms. The van der Waals surface area contributed by atoms with Crippen LogP contribution >= 0.6 is 11.6 Å². The van der Waals surface area contributed by atoms with Gasteiger partial charge in [0.1, 0.15) is 5.15 Å². The van der Waals surface area contributed by atoms with Crippen molar-refractivity contribution in [3.63, 3.8) is 0 Å². The fourth-order valence-electron chi connectivity index (χ4n) is 4.14. The second-order valence-electron chi connectivity index (χ2n) is 7.08. The average Bonchev–Trinajstić information content (AvgIpc) is 3.10. The van der Waals surface area contributed by atoms with Crippen LogP contribution in [0.1, 0.15) is 49.3 Å². The normalized spacial score (nSPS) is 21.5. The number of benzene rings is 2. The van der Waals surface area contributed by atoms with Crippen LogP contribution in [0.15, 0.2) is 60.8 Å². The molecule has 0 aliphatic heterocycles. The predicted molar refractivity (Wildman–Crippen MR) is 105 cm³/mol. The van der Waals surface area contributed by atoms with Crippen LogP contribution in [0.5, 0.6) is 0 Å². The molecule has 2 aromatic carbocycles. The average molecular weight is 351 g/mol. The first-order valence-electron chi connectivity index (χ1n) is 9.06. The van der Waals surface area contributed by atoms with Crippen LogP contribution in [0.4, 0.5) is 0 Å². The summed E-state index contributed by atoms with van der Waals surface area (Å²) in [5, 5.41) is 7.08. The molecule has 1 heterocycles. The van der Waals surface area contributed by atoms with Gasteiger partial charge in [0.25, 0.3) is 0 Å². The van der Waals surface area contributed by atoms with Crippen molar-refractivity contribution in [3.8, 4) is 0 Å². The molecule has 1 aliphatic rings. The number of aromatic nitrogens is 1. The topological polar surface area (TPSA) is 24.9 Å². The van der Waals surface area contributed by atoms with E-state index in [-0.39, 0.29) is 0 Å². The Hall–Kier alpha value is -1.90. The number of hydrogen-bond donors (Lipinski definition) is 1. The van der Waals surface area contributed by atoms with Gasteiger partial charge in [0, 0.05) is 18.3 Å². The van der Waals surface area contributed by atoms with Crippen molar-refractivity contribution < 1.29 is 0 Å². The molecule has 128 valence electrons. The molecule has 4 rings (SSSR count). The van der Waals surface area contributed by atoms with Gasteiger partial charge in [0.15, 0.2) is 0 Å². The minimum atomic E-state index is 0.346. The first kappa shape index (κ1) is 16.6. The van der Waals surface area contributed by atoms with Crippen molar-refractivity contribution in [2.45, 2.75) is 44.2 Å². The zero-order chi connectivity index (χ0) is 17.2. The van der Waals surface area contributed by atoms with Gasteiger partial charge in [0.2, 0.25) is 0 Å². The largest absolute Gasteiger partial charge is 0.307 e. The van der Waals surface area contributed by atoms with Gasteiger partial charge >= 0.3 is 0 Å². The molecule has 1 fully saturated rings. The van der Waals surface area contributed by atoms with Crippen molar-refractivity contribution in [2.24, 2.45) is 0 Å². The third-order valence-electron chi connectivity index (χ3n) is 5.43. The molecule has 1 N–H and O–H groups in total. The molecule has 0 unspecified atom stereocenters. The summed E-state index contributed by atoms with van der Waals surface area (Å²) in [5.74, 6) is 0.585. The molecule has 0 amide bonds. The predicted octanol–water partition coefficient (Wildman–Crippen LogP) is 5.88. The van der Waals surface area contributed by atoms with Crippen LogP contribution in [-0.4, -0.2) is 11.0 Å². The Labute approximate surface area is 154 Å². The van der Waals surface area contributed by atoms with E-state index in [0.29, 0.717) is 23.2 Å². The third kappa shape index (κ3) is 3.56. The lowest BCUT2D eigenvalue weighted by Gasteiger charge is -2.21. The van der Waals surface area contributed by atoms with Crippen LogP contribution in [0.2, 0.25) is 5.15 Å². The number of hydrogen-bond acceptors (Lipinski definition) is 2. The fourth-order valence-corrected chi connectivity index (χ4v) is 4.25. The van der Waals surface area contributed by atoms with Crippen LogP contribution in [0.3, 0.4) is 0 Å². The SMILES string of the molecule is C[C@@H](N[C@H]1CC[C@@H](c2ccc(Cl)nc2)C1)c1cccc2ccccc12. The summed E-state index contributed by atoms with van der Waals surface area (Å²) in [5.41, 5.74) is 2.70. The van der Waals surface area contributed by atoms with E-state index in [4.69, 9.17) is 11.6 Å². The van der Waals surface area contributed by atoms with E-state index in [1.54, 1.807) is 0 Å². The van der Waals surface area contributed by atoms with Crippen molar-refractivity contribution in [1.29, 1.82) is 0 Å². The Balaban J connectivity index is 1.46. The van der Waals surface area contributed by atoms with E-state index in [0.717, 1.165) is 0 Å². The standard InChI is InChI=1S/C22H23ClN2/c1-15(20-8-4-6-16-5-2-3-7-21(16)20)25-19-11-9-17(13-19)18-10-12-22(23)24-14-18/h2-8,10,12,14-15,17,19,25H,9,11,13H2,1H3/t15-,17-,19+/m1/s1. The highest BCUT2D eigenvalue weighted by molar-refractivity contribution is 6.29. The molecule has 0 radical (unpaired) electrons. The van der Waals surface area contributed by atoms with E-state index in [1.807, 2.05) is 12.3 Å². The van der Waals surface area contributed by atoms with E-state index >= 15 is 0 Å². The number of rotatable bonds is 4. The van der Waals surface area contributed by atoms with Gasteiger partial charge in [-0.25, -0.2) is 4.98 Å². The zero-order valence-corrected chi connectivity index (χ0v) is 15.2. The van der Waals surface area contributed by atoms with Crippen molar-refractivity contribution in [2.75, 3.05) is 0 Å². The summed E-state index contributed by atoms with van der Waals surface area (Å²) >= 11 is 5.91. The molecule has 1 aliphatic carbocycles. The summed E-state index contributed by atoms with van der Waals surface area (Å²) in [6.07, 6.45) is 5.52. The molecule has 1 saturated carbocycles. The Morgan fingerprint density at radius 2 is 1.88 bits per heavy atom.